The van der Waals surface area contributed by atoms with Crippen molar-refractivity contribution in [2.45, 2.75) is 32.7 Å². The molecule has 2 heterocycles. The van der Waals surface area contributed by atoms with Gasteiger partial charge in [0.1, 0.15) is 0 Å². The van der Waals surface area contributed by atoms with E-state index >= 15 is 0 Å². The van der Waals surface area contributed by atoms with Crippen LogP contribution in [-0.4, -0.2) is 35.1 Å². The molecule has 3 heteroatoms. The first kappa shape index (κ1) is 9.52. The number of carbonyl (C=O) groups is 1. The zero-order valence-corrected chi connectivity index (χ0v) is 7.79. The molecule has 70 valence electrons. The van der Waals surface area contributed by atoms with Crippen LogP contribution >= 0.6 is 0 Å². The van der Waals surface area contributed by atoms with Gasteiger partial charge in [-0.3, -0.25) is 4.79 Å². The van der Waals surface area contributed by atoms with E-state index in [-0.39, 0.29) is 5.92 Å². The van der Waals surface area contributed by atoms with Gasteiger partial charge in [-0.25, -0.2) is 0 Å². The number of rotatable bonds is 1. The molecule has 0 aromatic rings. The smallest absolute Gasteiger partial charge is 0.305 e. The summed E-state index contributed by atoms with van der Waals surface area (Å²) in [6.07, 6.45) is 2.97. The Morgan fingerprint density at radius 2 is 1.75 bits per heavy atom. The fourth-order valence-electron chi connectivity index (χ4n) is 1.24. The summed E-state index contributed by atoms with van der Waals surface area (Å²) in [5.74, 6) is -0.972. The topological polar surface area (TPSA) is 40.5 Å². The second kappa shape index (κ2) is 3.90. The second-order valence-corrected chi connectivity index (χ2v) is 3.76. The van der Waals surface area contributed by atoms with Gasteiger partial charge in [0.25, 0.3) is 0 Å². The molecule has 0 spiro atoms. The molecule has 0 aliphatic carbocycles. The van der Waals surface area contributed by atoms with Gasteiger partial charge in [-0.15, -0.1) is 0 Å². The van der Waals surface area contributed by atoms with Crippen molar-refractivity contribution < 1.29 is 9.90 Å². The van der Waals surface area contributed by atoms with Crippen molar-refractivity contribution in [1.29, 1.82) is 0 Å². The summed E-state index contributed by atoms with van der Waals surface area (Å²) < 4.78 is 0. The lowest BCUT2D eigenvalue weighted by Crippen LogP contribution is -2.57. The highest BCUT2D eigenvalue weighted by Gasteiger charge is 2.34. The number of hydrogen-bond donors (Lipinski definition) is 1. The molecule has 3 nitrogen and oxygen atoms in total. The van der Waals surface area contributed by atoms with Gasteiger partial charge in [0.15, 0.2) is 0 Å². The number of fused-ring (bicyclic) bond motifs is 1. The molecule has 0 radical (unpaired) electrons. The van der Waals surface area contributed by atoms with Gasteiger partial charge in [-0.05, 0) is 25.9 Å². The van der Waals surface area contributed by atoms with Crippen molar-refractivity contribution in [3.8, 4) is 0 Å². The fraction of sp³-hybridized carbons (Fsp3) is 0.889. The third-order valence-corrected chi connectivity index (χ3v) is 2.51. The molecule has 0 aromatic heterocycles. The number of carboxylic acid groups (broad SMARTS) is 1. The highest BCUT2D eigenvalue weighted by Crippen LogP contribution is 2.28. The third kappa shape index (κ3) is 2.21. The zero-order chi connectivity index (χ0) is 9.14. The lowest BCUT2D eigenvalue weighted by Gasteiger charge is -2.50. The minimum Gasteiger partial charge on any atom is -0.481 e. The van der Waals surface area contributed by atoms with E-state index in [1.54, 1.807) is 13.8 Å². The molecule has 0 atom stereocenters. The van der Waals surface area contributed by atoms with Gasteiger partial charge in [0, 0.05) is 6.04 Å². The van der Waals surface area contributed by atoms with Crippen molar-refractivity contribution in [3.63, 3.8) is 0 Å². The van der Waals surface area contributed by atoms with Crippen molar-refractivity contribution in [3.05, 3.63) is 0 Å². The standard InChI is InChI=1S/C5H9N.C4H8O2/c1-3-6-4-2-5(1)6;1-3(2)4(5)6/h5H,1-4H2;3H,1-2H3,(H,5,6). The van der Waals surface area contributed by atoms with Crippen LogP contribution in [0.25, 0.3) is 0 Å². The summed E-state index contributed by atoms with van der Waals surface area (Å²) in [7, 11) is 0. The predicted molar refractivity (Wildman–Crippen MR) is 47.1 cm³/mol. The molecule has 2 fully saturated rings. The number of piperidine rings is 1. The van der Waals surface area contributed by atoms with Gasteiger partial charge in [0.2, 0.25) is 0 Å². The van der Waals surface area contributed by atoms with Crippen LogP contribution in [-0.2, 0) is 4.79 Å². The summed E-state index contributed by atoms with van der Waals surface area (Å²) in [6, 6.07) is 1.05. The molecule has 1 N–H and O–H groups in total. The number of hydrogen-bond acceptors (Lipinski definition) is 2. The quantitative estimate of drug-likeness (QED) is 0.644. The Morgan fingerprint density at radius 3 is 1.75 bits per heavy atom. The predicted octanol–water partition coefficient (Wildman–Crippen LogP) is 1.19. The van der Waals surface area contributed by atoms with Crippen molar-refractivity contribution in [2.24, 2.45) is 5.92 Å². The third-order valence-electron chi connectivity index (χ3n) is 2.51. The van der Waals surface area contributed by atoms with E-state index in [2.05, 4.69) is 4.90 Å². The van der Waals surface area contributed by atoms with Crippen LogP contribution in [0.3, 0.4) is 0 Å². The summed E-state index contributed by atoms with van der Waals surface area (Å²) in [6.45, 7) is 6.07. The monoisotopic (exact) mass is 171 g/mol. The Kier molecular flexibility index (Phi) is 3.09. The summed E-state index contributed by atoms with van der Waals surface area (Å²) in [4.78, 5) is 12.2. The highest BCUT2D eigenvalue weighted by molar-refractivity contribution is 5.68. The lowest BCUT2D eigenvalue weighted by atomic mass is 9.91. The van der Waals surface area contributed by atoms with Crippen LogP contribution in [0, 0.1) is 5.92 Å². The first-order chi connectivity index (χ1) is 5.61. The maximum absolute atomic E-state index is 9.70. The molecule has 2 rings (SSSR count). The number of carboxylic acids is 1. The average molecular weight is 171 g/mol. The van der Waals surface area contributed by atoms with E-state index in [9.17, 15) is 4.79 Å². The summed E-state index contributed by atoms with van der Waals surface area (Å²) in [5.41, 5.74) is 0. The Balaban J connectivity index is 0.000000120. The summed E-state index contributed by atoms with van der Waals surface area (Å²) >= 11 is 0. The molecule has 0 unspecified atom stereocenters. The SMILES string of the molecule is C1CN2CCC12.CC(C)C(=O)O. The van der Waals surface area contributed by atoms with Crippen LogP contribution in [0.4, 0.5) is 0 Å². The molecular weight excluding hydrogens is 154 g/mol. The lowest BCUT2D eigenvalue weighted by molar-refractivity contribution is -0.140. The Labute approximate surface area is 73.4 Å². The first-order valence-corrected chi connectivity index (χ1v) is 4.58. The van der Waals surface area contributed by atoms with Crippen LogP contribution in [0.1, 0.15) is 26.7 Å². The Morgan fingerprint density at radius 1 is 1.42 bits per heavy atom. The maximum Gasteiger partial charge on any atom is 0.305 e. The Hall–Kier alpha value is -0.570. The van der Waals surface area contributed by atoms with Crippen molar-refractivity contribution in [1.82, 2.24) is 4.90 Å². The van der Waals surface area contributed by atoms with Crippen LogP contribution < -0.4 is 0 Å². The second-order valence-electron chi connectivity index (χ2n) is 3.76. The van der Waals surface area contributed by atoms with Gasteiger partial charge in [-0.2, -0.15) is 0 Å². The molecule has 2 saturated heterocycles. The van der Waals surface area contributed by atoms with Gasteiger partial charge >= 0.3 is 5.97 Å². The molecule has 0 amide bonds. The molecule has 12 heavy (non-hydrogen) atoms. The highest BCUT2D eigenvalue weighted by atomic mass is 16.4. The fourth-order valence-corrected chi connectivity index (χ4v) is 1.24. The maximum atomic E-state index is 9.70. The van der Waals surface area contributed by atoms with E-state index in [1.165, 1.54) is 25.9 Å². The molecule has 0 aromatic carbocycles. The van der Waals surface area contributed by atoms with E-state index in [1.807, 2.05) is 0 Å². The molecule has 2 aliphatic heterocycles. The zero-order valence-electron chi connectivity index (χ0n) is 7.79. The minimum atomic E-state index is -0.741. The minimum absolute atomic E-state index is 0.231. The number of aliphatic carboxylic acids is 1. The number of nitrogens with zero attached hydrogens (tertiary/aromatic N) is 1. The van der Waals surface area contributed by atoms with Gasteiger partial charge in [0.05, 0.1) is 5.92 Å². The average Bonchev–Trinajstić information content (AvgIpc) is 1.97. The van der Waals surface area contributed by atoms with Crippen LogP contribution in [0.2, 0.25) is 0 Å². The summed E-state index contributed by atoms with van der Waals surface area (Å²) in [5, 5.41) is 7.99. The van der Waals surface area contributed by atoms with E-state index in [0.29, 0.717) is 0 Å². The van der Waals surface area contributed by atoms with Crippen LogP contribution in [0.5, 0.6) is 0 Å². The largest absolute Gasteiger partial charge is 0.481 e. The molecular formula is C9H17NO2. The molecule has 2 aliphatic rings. The van der Waals surface area contributed by atoms with E-state index in [4.69, 9.17) is 5.11 Å². The Bertz CT molecular complexity index is 150. The van der Waals surface area contributed by atoms with Crippen molar-refractivity contribution in [2.75, 3.05) is 13.1 Å². The van der Waals surface area contributed by atoms with Crippen LogP contribution in [0.15, 0.2) is 0 Å². The van der Waals surface area contributed by atoms with Gasteiger partial charge in [-0.1, -0.05) is 13.8 Å². The normalized spacial score (nSPS) is 21.6. The van der Waals surface area contributed by atoms with Crippen molar-refractivity contribution >= 4 is 5.97 Å². The molecule has 0 saturated carbocycles. The first-order valence-electron chi connectivity index (χ1n) is 4.58. The molecule has 0 bridgehead atoms. The van der Waals surface area contributed by atoms with E-state index < -0.39 is 5.97 Å². The van der Waals surface area contributed by atoms with Gasteiger partial charge < -0.3 is 10.0 Å². The van der Waals surface area contributed by atoms with E-state index in [0.717, 1.165) is 6.04 Å².